The number of hydrogen-bond acceptors (Lipinski definition) is 6. The number of benzene rings is 1. The first kappa shape index (κ1) is 16.9. The quantitative estimate of drug-likeness (QED) is 0.545. The summed E-state index contributed by atoms with van der Waals surface area (Å²) in [4.78, 5) is 11.3. The summed E-state index contributed by atoms with van der Waals surface area (Å²) in [6.45, 7) is 4.96. The van der Waals surface area contributed by atoms with Gasteiger partial charge in [-0.3, -0.25) is 4.68 Å². The van der Waals surface area contributed by atoms with Crippen molar-refractivity contribution in [2.24, 2.45) is 0 Å². The van der Waals surface area contributed by atoms with E-state index in [2.05, 4.69) is 25.1 Å². The van der Waals surface area contributed by atoms with Crippen LogP contribution in [-0.2, 0) is 11.3 Å². The summed E-state index contributed by atoms with van der Waals surface area (Å²) < 4.78 is 9.75. The van der Waals surface area contributed by atoms with E-state index in [9.17, 15) is 0 Å². The molecule has 0 amide bonds. The van der Waals surface area contributed by atoms with Gasteiger partial charge in [-0.2, -0.15) is 10.2 Å². The number of hydrogen-bond donors (Lipinski definition) is 0. The molecule has 1 aromatic carbocycles. The molecule has 1 unspecified atom stereocenters. The zero-order valence-electron chi connectivity index (χ0n) is 15.6. The second kappa shape index (κ2) is 7.05. The number of aromatic nitrogens is 6. The van der Waals surface area contributed by atoms with Gasteiger partial charge in [0.05, 0.1) is 42.7 Å². The Kier molecular flexibility index (Phi) is 4.25. The smallest absolute Gasteiger partial charge is 0.168 e. The summed E-state index contributed by atoms with van der Waals surface area (Å²) in [6.07, 6.45) is 7.42. The third-order valence-corrected chi connectivity index (χ3v) is 4.94. The lowest BCUT2D eigenvalue weighted by molar-refractivity contribution is 0.0272. The molecule has 0 saturated carbocycles. The SMILES string of the molecule is Cc1cnn(CC2CN(c3ncnc4c3cnn4-c3ccccc3)CCO2)c1. The topological polar surface area (TPSA) is 73.9 Å². The minimum atomic E-state index is 0.0576. The molecule has 8 heteroatoms. The van der Waals surface area contributed by atoms with Crippen LogP contribution in [0.1, 0.15) is 5.56 Å². The Balaban J connectivity index is 1.43. The molecule has 1 atom stereocenters. The maximum atomic E-state index is 5.96. The first-order valence-corrected chi connectivity index (χ1v) is 9.38. The number of para-hydroxylation sites is 1. The van der Waals surface area contributed by atoms with Crippen LogP contribution in [-0.4, -0.2) is 55.3 Å². The first-order chi connectivity index (χ1) is 13.8. The molecule has 4 heterocycles. The Morgan fingerprint density at radius 2 is 2.00 bits per heavy atom. The Labute approximate surface area is 162 Å². The molecular formula is C20H21N7O. The van der Waals surface area contributed by atoms with E-state index in [0.29, 0.717) is 6.61 Å². The van der Waals surface area contributed by atoms with E-state index >= 15 is 0 Å². The van der Waals surface area contributed by atoms with Crippen LogP contribution >= 0.6 is 0 Å². The number of aryl methyl sites for hydroxylation is 1. The normalized spacial score (nSPS) is 17.3. The van der Waals surface area contributed by atoms with Gasteiger partial charge in [0, 0.05) is 19.3 Å². The molecule has 4 aromatic rings. The van der Waals surface area contributed by atoms with Crippen LogP contribution in [0.2, 0.25) is 0 Å². The molecule has 0 spiro atoms. The summed E-state index contributed by atoms with van der Waals surface area (Å²) in [7, 11) is 0. The second-order valence-corrected chi connectivity index (χ2v) is 7.01. The van der Waals surface area contributed by atoms with Crippen LogP contribution in [0.5, 0.6) is 0 Å². The molecule has 0 aliphatic carbocycles. The lowest BCUT2D eigenvalue weighted by Crippen LogP contribution is -2.44. The maximum Gasteiger partial charge on any atom is 0.168 e. The van der Waals surface area contributed by atoms with E-state index in [4.69, 9.17) is 4.74 Å². The molecule has 5 rings (SSSR count). The van der Waals surface area contributed by atoms with Crippen LogP contribution in [0.15, 0.2) is 55.2 Å². The third kappa shape index (κ3) is 3.11. The summed E-state index contributed by atoms with van der Waals surface area (Å²) in [6, 6.07) is 10.0. The monoisotopic (exact) mass is 375 g/mol. The number of fused-ring (bicyclic) bond motifs is 1. The van der Waals surface area contributed by atoms with Gasteiger partial charge in [-0.05, 0) is 24.6 Å². The Bertz CT molecular complexity index is 1090. The number of nitrogens with zero attached hydrogens (tertiary/aromatic N) is 7. The highest BCUT2D eigenvalue weighted by Crippen LogP contribution is 2.26. The predicted octanol–water partition coefficient (Wildman–Crippen LogP) is 2.23. The molecule has 3 aromatic heterocycles. The molecule has 1 aliphatic rings. The van der Waals surface area contributed by atoms with E-state index in [1.807, 2.05) is 65.2 Å². The number of morpholine rings is 1. The molecule has 1 fully saturated rings. The van der Waals surface area contributed by atoms with E-state index in [0.717, 1.165) is 47.7 Å². The van der Waals surface area contributed by atoms with Crippen molar-refractivity contribution in [3.8, 4) is 5.69 Å². The van der Waals surface area contributed by atoms with Crippen molar-refractivity contribution in [1.29, 1.82) is 0 Å². The van der Waals surface area contributed by atoms with Gasteiger partial charge >= 0.3 is 0 Å². The largest absolute Gasteiger partial charge is 0.373 e. The molecule has 1 aliphatic heterocycles. The number of anilines is 1. The van der Waals surface area contributed by atoms with Crippen molar-refractivity contribution in [1.82, 2.24) is 29.5 Å². The second-order valence-electron chi connectivity index (χ2n) is 7.01. The van der Waals surface area contributed by atoms with Crippen LogP contribution in [0.3, 0.4) is 0 Å². The summed E-state index contributed by atoms with van der Waals surface area (Å²) in [5, 5.41) is 9.87. The van der Waals surface area contributed by atoms with Gasteiger partial charge in [0.1, 0.15) is 12.1 Å². The van der Waals surface area contributed by atoms with Crippen LogP contribution < -0.4 is 4.90 Å². The minimum absolute atomic E-state index is 0.0576. The molecular weight excluding hydrogens is 354 g/mol. The highest BCUT2D eigenvalue weighted by atomic mass is 16.5. The van der Waals surface area contributed by atoms with Gasteiger partial charge in [-0.25, -0.2) is 14.6 Å². The minimum Gasteiger partial charge on any atom is -0.373 e. The fourth-order valence-corrected chi connectivity index (χ4v) is 3.64. The van der Waals surface area contributed by atoms with Crippen LogP contribution in [0, 0.1) is 6.92 Å². The molecule has 28 heavy (non-hydrogen) atoms. The maximum absolute atomic E-state index is 5.96. The van der Waals surface area contributed by atoms with Crippen molar-refractivity contribution in [2.75, 3.05) is 24.6 Å². The number of ether oxygens (including phenoxy) is 1. The van der Waals surface area contributed by atoms with E-state index in [1.165, 1.54) is 0 Å². The zero-order valence-corrected chi connectivity index (χ0v) is 15.6. The summed E-state index contributed by atoms with van der Waals surface area (Å²) >= 11 is 0. The average Bonchev–Trinajstić information content (AvgIpc) is 3.35. The zero-order chi connectivity index (χ0) is 18.9. The third-order valence-electron chi connectivity index (χ3n) is 4.94. The van der Waals surface area contributed by atoms with Gasteiger partial charge in [0.25, 0.3) is 0 Å². The van der Waals surface area contributed by atoms with Gasteiger partial charge < -0.3 is 9.64 Å². The summed E-state index contributed by atoms with van der Waals surface area (Å²) in [5.74, 6) is 0.900. The standard InChI is InChI=1S/C20H21N7O/c1-15-9-23-26(11-15)13-17-12-25(7-8-28-17)19-18-10-24-27(20(18)22-14-21-19)16-5-3-2-4-6-16/h2-6,9-11,14,17H,7-8,12-13H2,1H3. The van der Waals surface area contributed by atoms with Gasteiger partial charge in [0.2, 0.25) is 0 Å². The molecule has 0 bridgehead atoms. The van der Waals surface area contributed by atoms with E-state index in [1.54, 1.807) is 6.33 Å². The molecule has 0 N–H and O–H groups in total. The molecule has 8 nitrogen and oxygen atoms in total. The molecule has 1 saturated heterocycles. The molecule has 142 valence electrons. The first-order valence-electron chi connectivity index (χ1n) is 9.38. The lowest BCUT2D eigenvalue weighted by Gasteiger charge is -2.33. The average molecular weight is 375 g/mol. The fourth-order valence-electron chi connectivity index (χ4n) is 3.64. The van der Waals surface area contributed by atoms with Crippen molar-refractivity contribution in [2.45, 2.75) is 19.6 Å². The van der Waals surface area contributed by atoms with E-state index in [-0.39, 0.29) is 6.10 Å². The predicted molar refractivity (Wildman–Crippen MR) is 106 cm³/mol. The van der Waals surface area contributed by atoms with Crippen molar-refractivity contribution >= 4 is 16.9 Å². The number of rotatable bonds is 4. The van der Waals surface area contributed by atoms with Crippen molar-refractivity contribution in [3.05, 3.63) is 60.8 Å². The van der Waals surface area contributed by atoms with Crippen LogP contribution in [0.4, 0.5) is 5.82 Å². The highest BCUT2D eigenvalue weighted by Gasteiger charge is 2.24. The van der Waals surface area contributed by atoms with Crippen molar-refractivity contribution < 1.29 is 4.74 Å². The molecule has 0 radical (unpaired) electrons. The lowest BCUT2D eigenvalue weighted by atomic mass is 10.2. The van der Waals surface area contributed by atoms with Gasteiger partial charge in [0.15, 0.2) is 5.65 Å². The highest BCUT2D eigenvalue weighted by molar-refractivity contribution is 5.87. The van der Waals surface area contributed by atoms with Crippen molar-refractivity contribution in [3.63, 3.8) is 0 Å². The van der Waals surface area contributed by atoms with Crippen LogP contribution in [0.25, 0.3) is 16.7 Å². The van der Waals surface area contributed by atoms with Gasteiger partial charge in [-0.1, -0.05) is 18.2 Å². The fraction of sp³-hybridized carbons (Fsp3) is 0.300. The summed E-state index contributed by atoms with van der Waals surface area (Å²) in [5.41, 5.74) is 2.94. The Hall–Kier alpha value is -3.26. The van der Waals surface area contributed by atoms with Gasteiger partial charge in [-0.15, -0.1) is 0 Å². The Morgan fingerprint density at radius 3 is 2.82 bits per heavy atom. The van der Waals surface area contributed by atoms with E-state index < -0.39 is 0 Å². The Morgan fingerprint density at radius 1 is 1.11 bits per heavy atom.